The average molecular weight is 269 g/mol. The second kappa shape index (κ2) is 5.57. The average Bonchev–Trinajstić information content (AvgIpc) is 2.47. The molecule has 0 aliphatic heterocycles. The Morgan fingerprint density at radius 2 is 1.75 bits per heavy atom. The van der Waals surface area contributed by atoms with Crippen molar-refractivity contribution in [1.29, 1.82) is 0 Å². The highest BCUT2D eigenvalue weighted by Gasteiger charge is 2.10. The summed E-state index contributed by atoms with van der Waals surface area (Å²) in [5.74, 6) is -1.12. The Kier molecular flexibility index (Phi) is 3.84. The molecule has 20 heavy (non-hydrogen) atoms. The maximum atomic E-state index is 11.8. The number of rotatable bonds is 3. The Bertz CT molecular complexity index is 677. The Hall–Kier alpha value is -2.62. The largest absolute Gasteiger partial charge is 0.478 e. The summed E-state index contributed by atoms with van der Waals surface area (Å²) in [5.41, 5.74) is 3.28. The minimum atomic E-state index is -0.967. The first-order chi connectivity index (χ1) is 9.52. The minimum Gasteiger partial charge on any atom is -0.478 e. The maximum Gasteiger partial charge on any atom is 0.335 e. The van der Waals surface area contributed by atoms with Gasteiger partial charge >= 0.3 is 5.97 Å². The first-order valence-corrected chi connectivity index (χ1v) is 6.19. The fourth-order valence-corrected chi connectivity index (χ4v) is 2.01. The number of carboxylic acids is 1. The summed E-state index contributed by atoms with van der Waals surface area (Å²) in [6, 6.07) is 12.2. The lowest BCUT2D eigenvalue weighted by Gasteiger charge is -2.08. The van der Waals surface area contributed by atoms with Gasteiger partial charge in [-0.1, -0.05) is 24.3 Å². The van der Waals surface area contributed by atoms with Gasteiger partial charge in [-0.25, -0.2) is 4.79 Å². The normalized spacial score (nSPS) is 10.1. The first kappa shape index (κ1) is 13.8. The van der Waals surface area contributed by atoms with Gasteiger partial charge in [0.1, 0.15) is 0 Å². The van der Waals surface area contributed by atoms with Crippen LogP contribution in [0.2, 0.25) is 0 Å². The van der Waals surface area contributed by atoms with Gasteiger partial charge in [-0.3, -0.25) is 4.79 Å². The van der Waals surface area contributed by atoms with Gasteiger partial charge in [0.15, 0.2) is 0 Å². The molecule has 0 aromatic heterocycles. The lowest BCUT2D eigenvalue weighted by molar-refractivity contribution is 0.0696. The van der Waals surface area contributed by atoms with Crippen molar-refractivity contribution < 1.29 is 14.7 Å². The standard InChI is InChI=1S/C16H15NO3/c1-10-6-7-12(9-14(10)15(18)17-2)11-4-3-5-13(8-11)16(19)20/h3-9H,1-2H3,(H,17,18)(H,19,20). The highest BCUT2D eigenvalue weighted by molar-refractivity contribution is 5.97. The van der Waals surface area contributed by atoms with E-state index in [1.54, 1.807) is 31.3 Å². The Morgan fingerprint density at radius 3 is 2.40 bits per heavy atom. The van der Waals surface area contributed by atoms with Crippen molar-refractivity contribution >= 4 is 11.9 Å². The molecule has 1 amide bonds. The molecule has 4 nitrogen and oxygen atoms in total. The molecule has 0 bridgehead atoms. The number of aryl methyl sites for hydroxylation is 1. The summed E-state index contributed by atoms with van der Waals surface area (Å²) in [4.78, 5) is 22.8. The zero-order chi connectivity index (χ0) is 14.7. The topological polar surface area (TPSA) is 66.4 Å². The van der Waals surface area contributed by atoms with Crippen LogP contribution in [0.5, 0.6) is 0 Å². The van der Waals surface area contributed by atoms with E-state index in [1.165, 1.54) is 0 Å². The molecular formula is C16H15NO3. The molecule has 0 heterocycles. The number of amides is 1. The highest BCUT2D eigenvalue weighted by atomic mass is 16.4. The number of carboxylic acid groups (broad SMARTS) is 1. The molecule has 0 atom stereocenters. The van der Waals surface area contributed by atoms with E-state index in [9.17, 15) is 9.59 Å². The summed E-state index contributed by atoms with van der Waals surface area (Å²) in [5, 5.41) is 11.6. The molecule has 2 aromatic carbocycles. The van der Waals surface area contributed by atoms with Crippen LogP contribution >= 0.6 is 0 Å². The minimum absolute atomic E-state index is 0.154. The molecule has 0 unspecified atom stereocenters. The van der Waals surface area contributed by atoms with E-state index in [2.05, 4.69) is 5.32 Å². The van der Waals surface area contributed by atoms with Crippen molar-refractivity contribution in [2.75, 3.05) is 7.05 Å². The van der Waals surface area contributed by atoms with E-state index in [1.807, 2.05) is 25.1 Å². The van der Waals surface area contributed by atoms with E-state index < -0.39 is 5.97 Å². The molecule has 0 saturated carbocycles. The molecule has 102 valence electrons. The van der Waals surface area contributed by atoms with Crippen molar-refractivity contribution in [3.05, 3.63) is 59.2 Å². The number of benzene rings is 2. The lowest BCUT2D eigenvalue weighted by Crippen LogP contribution is -2.18. The van der Waals surface area contributed by atoms with Gasteiger partial charge in [0.05, 0.1) is 5.56 Å². The smallest absolute Gasteiger partial charge is 0.335 e. The van der Waals surface area contributed by atoms with Crippen LogP contribution in [0.25, 0.3) is 11.1 Å². The van der Waals surface area contributed by atoms with E-state index in [0.717, 1.165) is 16.7 Å². The zero-order valence-electron chi connectivity index (χ0n) is 11.3. The third-order valence-electron chi connectivity index (χ3n) is 3.15. The summed E-state index contributed by atoms with van der Waals surface area (Å²) in [6.45, 7) is 1.86. The number of hydrogen-bond acceptors (Lipinski definition) is 2. The summed E-state index contributed by atoms with van der Waals surface area (Å²) >= 11 is 0. The molecule has 2 N–H and O–H groups in total. The molecule has 0 aliphatic rings. The second-order valence-electron chi connectivity index (χ2n) is 4.49. The predicted molar refractivity (Wildman–Crippen MR) is 77.0 cm³/mol. The monoisotopic (exact) mass is 269 g/mol. The van der Waals surface area contributed by atoms with Gasteiger partial charge in [-0.05, 0) is 41.8 Å². The van der Waals surface area contributed by atoms with Crippen LogP contribution in [0.15, 0.2) is 42.5 Å². The van der Waals surface area contributed by atoms with Crippen molar-refractivity contribution in [3.8, 4) is 11.1 Å². The molecule has 0 saturated heterocycles. The highest BCUT2D eigenvalue weighted by Crippen LogP contribution is 2.23. The van der Waals surface area contributed by atoms with Crippen molar-refractivity contribution in [1.82, 2.24) is 5.32 Å². The molecule has 0 spiro atoms. The van der Waals surface area contributed by atoms with Crippen molar-refractivity contribution in [3.63, 3.8) is 0 Å². The zero-order valence-corrected chi connectivity index (χ0v) is 11.3. The number of carbonyl (C=O) groups excluding carboxylic acids is 1. The Morgan fingerprint density at radius 1 is 1.05 bits per heavy atom. The molecule has 2 rings (SSSR count). The lowest BCUT2D eigenvalue weighted by atomic mass is 9.98. The van der Waals surface area contributed by atoms with Crippen molar-refractivity contribution in [2.45, 2.75) is 6.92 Å². The molecular weight excluding hydrogens is 254 g/mol. The van der Waals surface area contributed by atoms with Crippen LogP contribution in [0.1, 0.15) is 26.3 Å². The first-order valence-electron chi connectivity index (χ1n) is 6.19. The fourth-order valence-electron chi connectivity index (χ4n) is 2.01. The molecule has 2 aromatic rings. The third kappa shape index (κ3) is 2.69. The second-order valence-corrected chi connectivity index (χ2v) is 4.49. The molecule has 0 radical (unpaired) electrons. The van der Waals surface area contributed by atoms with Crippen LogP contribution in [-0.4, -0.2) is 24.0 Å². The molecule has 0 fully saturated rings. The number of aromatic carboxylic acids is 1. The number of hydrogen-bond donors (Lipinski definition) is 2. The maximum absolute atomic E-state index is 11.8. The van der Waals surface area contributed by atoms with E-state index in [4.69, 9.17) is 5.11 Å². The van der Waals surface area contributed by atoms with Crippen LogP contribution in [0.3, 0.4) is 0 Å². The quantitative estimate of drug-likeness (QED) is 0.900. The molecule has 0 aliphatic carbocycles. The van der Waals surface area contributed by atoms with Gasteiger partial charge < -0.3 is 10.4 Å². The van der Waals surface area contributed by atoms with E-state index in [-0.39, 0.29) is 11.5 Å². The number of carbonyl (C=O) groups is 2. The SMILES string of the molecule is CNC(=O)c1cc(-c2cccc(C(=O)O)c2)ccc1C. The Labute approximate surface area is 117 Å². The number of nitrogens with one attached hydrogen (secondary N) is 1. The van der Waals surface area contributed by atoms with Crippen molar-refractivity contribution in [2.24, 2.45) is 0 Å². The van der Waals surface area contributed by atoms with E-state index >= 15 is 0 Å². The van der Waals surface area contributed by atoms with Crippen LogP contribution < -0.4 is 5.32 Å². The summed E-state index contributed by atoms with van der Waals surface area (Å²) < 4.78 is 0. The van der Waals surface area contributed by atoms with Gasteiger partial charge in [0.2, 0.25) is 0 Å². The third-order valence-corrected chi connectivity index (χ3v) is 3.15. The predicted octanol–water partition coefficient (Wildman–Crippen LogP) is 2.72. The summed E-state index contributed by atoms with van der Waals surface area (Å²) in [6.07, 6.45) is 0. The van der Waals surface area contributed by atoms with E-state index in [0.29, 0.717) is 5.56 Å². The van der Waals surface area contributed by atoms with Gasteiger partial charge in [-0.2, -0.15) is 0 Å². The van der Waals surface area contributed by atoms with Gasteiger partial charge in [0.25, 0.3) is 5.91 Å². The van der Waals surface area contributed by atoms with Crippen LogP contribution in [0, 0.1) is 6.92 Å². The van der Waals surface area contributed by atoms with Gasteiger partial charge in [0, 0.05) is 12.6 Å². The summed E-state index contributed by atoms with van der Waals surface area (Å²) in [7, 11) is 1.58. The van der Waals surface area contributed by atoms with Crippen LogP contribution in [0.4, 0.5) is 0 Å². The molecule has 4 heteroatoms. The van der Waals surface area contributed by atoms with Gasteiger partial charge in [-0.15, -0.1) is 0 Å². The Balaban J connectivity index is 2.50. The van der Waals surface area contributed by atoms with Crippen LogP contribution in [-0.2, 0) is 0 Å². The fraction of sp³-hybridized carbons (Fsp3) is 0.125.